The van der Waals surface area contributed by atoms with Gasteiger partial charge in [0.25, 0.3) is 5.91 Å². The lowest BCUT2D eigenvalue weighted by Gasteiger charge is -2.18. The average molecular weight is 312 g/mol. The van der Waals surface area contributed by atoms with E-state index < -0.39 is 0 Å². The normalized spacial score (nSPS) is 10.7. The van der Waals surface area contributed by atoms with Crippen molar-refractivity contribution in [3.8, 4) is 5.82 Å². The van der Waals surface area contributed by atoms with Crippen LogP contribution in [0.2, 0.25) is 0 Å². The van der Waals surface area contributed by atoms with E-state index in [1.165, 1.54) is 12.1 Å². The summed E-state index contributed by atoms with van der Waals surface area (Å²) >= 11 is 0. The van der Waals surface area contributed by atoms with Gasteiger partial charge in [-0.05, 0) is 29.8 Å². The maximum atomic E-state index is 13.3. The van der Waals surface area contributed by atoms with Crippen LogP contribution in [0.25, 0.3) is 5.82 Å². The van der Waals surface area contributed by atoms with Gasteiger partial charge in [0, 0.05) is 33.0 Å². The summed E-state index contributed by atoms with van der Waals surface area (Å²) in [6, 6.07) is 10.0. The Morgan fingerprint density at radius 1 is 1.26 bits per heavy atom. The molecule has 5 nitrogen and oxygen atoms in total. The number of carbonyl (C=O) groups is 1. The van der Waals surface area contributed by atoms with Crippen LogP contribution in [0.4, 0.5) is 4.39 Å². The molecule has 0 aliphatic carbocycles. The number of benzene rings is 1. The van der Waals surface area contributed by atoms with Gasteiger partial charge in [0.15, 0.2) is 0 Å². The molecule has 0 aliphatic rings. The maximum Gasteiger partial charge on any atom is 0.259 e. The number of nitrogens with zero attached hydrogens (tertiary/aromatic N) is 4. The topological polar surface area (TPSA) is 43.1 Å². The van der Waals surface area contributed by atoms with Gasteiger partial charge in [0.05, 0.1) is 6.20 Å². The van der Waals surface area contributed by atoms with Crippen molar-refractivity contribution >= 4 is 5.91 Å². The number of aromatic nitrogens is 3. The van der Waals surface area contributed by atoms with Crippen LogP contribution in [0.15, 0.2) is 55.0 Å². The van der Waals surface area contributed by atoms with Gasteiger partial charge in [-0.25, -0.2) is 4.39 Å². The number of carbonyl (C=O) groups excluding carboxylic acids is 1. The molecule has 2 aromatic heterocycles. The van der Waals surface area contributed by atoms with Crippen molar-refractivity contribution in [2.24, 2.45) is 7.05 Å². The molecule has 1 aromatic carbocycles. The highest BCUT2D eigenvalue weighted by atomic mass is 19.1. The Hall–Kier alpha value is -2.89. The Bertz CT molecular complexity index is 823. The van der Waals surface area contributed by atoms with Crippen molar-refractivity contribution in [1.29, 1.82) is 0 Å². The molecule has 0 bridgehead atoms. The van der Waals surface area contributed by atoms with E-state index in [-0.39, 0.29) is 11.7 Å². The van der Waals surface area contributed by atoms with Crippen LogP contribution in [0, 0.1) is 5.82 Å². The zero-order chi connectivity index (χ0) is 16.4. The van der Waals surface area contributed by atoms with E-state index in [4.69, 9.17) is 0 Å². The van der Waals surface area contributed by atoms with Crippen LogP contribution in [0.3, 0.4) is 0 Å². The zero-order valence-electron chi connectivity index (χ0n) is 13.0. The number of rotatable bonds is 4. The van der Waals surface area contributed by atoms with E-state index in [0.29, 0.717) is 17.9 Å². The second kappa shape index (κ2) is 6.08. The fourth-order valence-corrected chi connectivity index (χ4v) is 2.55. The van der Waals surface area contributed by atoms with Gasteiger partial charge in [-0.15, -0.1) is 0 Å². The molecule has 0 unspecified atom stereocenters. The predicted octanol–water partition coefficient (Wildman–Crippen LogP) is 2.62. The largest absolute Gasteiger partial charge is 0.337 e. The summed E-state index contributed by atoms with van der Waals surface area (Å²) in [4.78, 5) is 14.3. The summed E-state index contributed by atoms with van der Waals surface area (Å²) in [6.45, 7) is 0.330. The maximum absolute atomic E-state index is 13.3. The van der Waals surface area contributed by atoms with Crippen molar-refractivity contribution in [3.63, 3.8) is 0 Å². The highest BCUT2D eigenvalue weighted by Gasteiger charge is 2.20. The molecule has 0 spiro atoms. The summed E-state index contributed by atoms with van der Waals surface area (Å²) in [7, 11) is 3.48. The third-order valence-corrected chi connectivity index (χ3v) is 3.64. The summed E-state index contributed by atoms with van der Waals surface area (Å²) in [5, 5.41) is 4.19. The summed E-state index contributed by atoms with van der Waals surface area (Å²) in [6.07, 6.45) is 5.28. The van der Waals surface area contributed by atoms with Crippen LogP contribution < -0.4 is 0 Å². The number of amides is 1. The summed E-state index contributed by atoms with van der Waals surface area (Å²) in [5.74, 6) is 0.231. The number of hydrogen-bond donors (Lipinski definition) is 0. The third-order valence-electron chi connectivity index (χ3n) is 3.64. The zero-order valence-corrected chi connectivity index (χ0v) is 13.0. The molecule has 3 rings (SSSR count). The van der Waals surface area contributed by atoms with Gasteiger partial charge >= 0.3 is 0 Å². The van der Waals surface area contributed by atoms with Gasteiger partial charge in [-0.2, -0.15) is 5.10 Å². The quantitative estimate of drug-likeness (QED) is 0.743. The first kappa shape index (κ1) is 15.0. The highest BCUT2D eigenvalue weighted by molar-refractivity contribution is 5.96. The van der Waals surface area contributed by atoms with Gasteiger partial charge in [0.1, 0.15) is 17.2 Å². The van der Waals surface area contributed by atoms with Crippen LogP contribution in [0.5, 0.6) is 0 Å². The number of aryl methyl sites for hydroxylation is 1. The number of halogens is 1. The lowest BCUT2D eigenvalue weighted by molar-refractivity contribution is 0.0785. The molecule has 118 valence electrons. The molecule has 0 fully saturated rings. The first-order valence-corrected chi connectivity index (χ1v) is 7.21. The minimum atomic E-state index is -0.308. The molecule has 6 heteroatoms. The smallest absolute Gasteiger partial charge is 0.259 e. The van der Waals surface area contributed by atoms with Crippen molar-refractivity contribution in [3.05, 3.63) is 71.9 Å². The SMILES string of the molecule is CN(Cc1cccc(F)c1)C(=O)c1cnn(C)c1-n1cccc1. The van der Waals surface area contributed by atoms with E-state index >= 15 is 0 Å². The first-order chi connectivity index (χ1) is 11.1. The molecule has 23 heavy (non-hydrogen) atoms. The fourth-order valence-electron chi connectivity index (χ4n) is 2.55. The summed E-state index contributed by atoms with van der Waals surface area (Å²) < 4.78 is 16.8. The Kier molecular flexibility index (Phi) is 3.97. The average Bonchev–Trinajstić information content (AvgIpc) is 3.15. The highest BCUT2D eigenvalue weighted by Crippen LogP contribution is 2.17. The van der Waals surface area contributed by atoms with Crippen LogP contribution in [0.1, 0.15) is 15.9 Å². The molecule has 0 N–H and O–H groups in total. The lowest BCUT2D eigenvalue weighted by atomic mass is 10.2. The molecular formula is C17H17FN4O. The molecule has 0 atom stereocenters. The second-order valence-electron chi connectivity index (χ2n) is 5.39. The molecule has 0 radical (unpaired) electrons. The van der Waals surface area contributed by atoms with Gasteiger partial charge < -0.3 is 9.47 Å². The summed E-state index contributed by atoms with van der Waals surface area (Å²) in [5.41, 5.74) is 1.25. The van der Waals surface area contributed by atoms with Gasteiger partial charge in [-0.3, -0.25) is 9.48 Å². The van der Waals surface area contributed by atoms with E-state index in [2.05, 4.69) is 5.10 Å². The Labute approximate surface area is 133 Å². The third kappa shape index (κ3) is 3.01. The molecule has 0 aliphatic heterocycles. The van der Waals surface area contributed by atoms with Gasteiger partial charge in [0.2, 0.25) is 0 Å². The van der Waals surface area contributed by atoms with Crippen molar-refractivity contribution < 1.29 is 9.18 Å². The second-order valence-corrected chi connectivity index (χ2v) is 5.39. The molecule has 0 saturated carbocycles. The lowest BCUT2D eigenvalue weighted by Crippen LogP contribution is -2.27. The van der Waals surface area contributed by atoms with Crippen LogP contribution in [-0.4, -0.2) is 32.2 Å². The van der Waals surface area contributed by atoms with E-state index in [1.807, 2.05) is 29.1 Å². The van der Waals surface area contributed by atoms with Crippen molar-refractivity contribution in [2.75, 3.05) is 7.05 Å². The van der Waals surface area contributed by atoms with Gasteiger partial charge in [-0.1, -0.05) is 12.1 Å². The Morgan fingerprint density at radius 2 is 2.00 bits per heavy atom. The minimum absolute atomic E-state index is 0.161. The van der Waals surface area contributed by atoms with Crippen LogP contribution in [-0.2, 0) is 13.6 Å². The van der Waals surface area contributed by atoms with E-state index in [1.54, 1.807) is 42.0 Å². The van der Waals surface area contributed by atoms with Crippen LogP contribution >= 0.6 is 0 Å². The van der Waals surface area contributed by atoms with E-state index in [9.17, 15) is 9.18 Å². The van der Waals surface area contributed by atoms with Crippen molar-refractivity contribution in [1.82, 2.24) is 19.2 Å². The molecule has 1 amide bonds. The molecular weight excluding hydrogens is 295 g/mol. The molecule has 2 heterocycles. The Balaban J connectivity index is 1.86. The number of hydrogen-bond acceptors (Lipinski definition) is 2. The fraction of sp³-hybridized carbons (Fsp3) is 0.176. The molecule has 0 saturated heterocycles. The first-order valence-electron chi connectivity index (χ1n) is 7.21. The van der Waals surface area contributed by atoms with Crippen molar-refractivity contribution in [2.45, 2.75) is 6.54 Å². The predicted molar refractivity (Wildman–Crippen MR) is 84.7 cm³/mol. The minimum Gasteiger partial charge on any atom is -0.337 e. The van der Waals surface area contributed by atoms with E-state index in [0.717, 1.165) is 5.56 Å². The molecule has 3 aromatic rings. The Morgan fingerprint density at radius 3 is 2.70 bits per heavy atom. The monoisotopic (exact) mass is 312 g/mol. The standard InChI is InChI=1S/C17H17FN4O/c1-20(12-13-6-5-7-14(18)10-13)17(23)15-11-19-21(2)16(15)22-8-3-4-9-22/h3-11H,12H2,1-2H3.